The molecule has 0 fully saturated rings. The van der Waals surface area contributed by atoms with Gasteiger partial charge in [-0.1, -0.05) is 18.5 Å². The lowest BCUT2D eigenvalue weighted by atomic mass is 10.0. The number of hydrogen-bond acceptors (Lipinski definition) is 5. The smallest absolute Gasteiger partial charge is 0.306 e. The number of nitrogens with one attached hydrogen (secondary N) is 1. The number of aromatic nitrogens is 2. The fraction of sp³-hybridized carbons (Fsp3) is 0.750. The van der Waals surface area contributed by atoms with Crippen molar-refractivity contribution in [1.82, 2.24) is 15.5 Å². The van der Waals surface area contributed by atoms with Crippen LogP contribution < -0.4 is 5.32 Å². The molecule has 0 amide bonds. The van der Waals surface area contributed by atoms with Gasteiger partial charge in [-0.3, -0.25) is 4.79 Å². The van der Waals surface area contributed by atoms with Crippen LogP contribution in [0, 0.1) is 12.8 Å². The quantitative estimate of drug-likeness (QED) is 0.735. The maximum atomic E-state index is 10.6. The maximum Gasteiger partial charge on any atom is 0.306 e. The Balaban J connectivity index is 2.14. The van der Waals surface area contributed by atoms with Gasteiger partial charge >= 0.3 is 5.97 Å². The molecule has 2 unspecified atom stereocenters. The molecule has 2 N–H and O–H groups in total. The van der Waals surface area contributed by atoms with Crippen LogP contribution in [-0.2, 0) is 11.3 Å². The Labute approximate surface area is 107 Å². The molecular weight excluding hydrogens is 234 g/mol. The lowest BCUT2D eigenvalue weighted by molar-refractivity contribution is -0.141. The number of hydrogen-bond donors (Lipinski definition) is 2. The molecule has 1 rings (SSSR count). The minimum Gasteiger partial charge on any atom is -0.481 e. The van der Waals surface area contributed by atoms with E-state index in [9.17, 15) is 4.79 Å². The number of nitrogens with zero attached hydrogens (tertiary/aromatic N) is 2. The maximum absolute atomic E-state index is 10.6. The van der Waals surface area contributed by atoms with Crippen molar-refractivity contribution in [3.8, 4) is 0 Å². The summed E-state index contributed by atoms with van der Waals surface area (Å²) in [5.74, 6) is 0.223. The van der Waals surface area contributed by atoms with Gasteiger partial charge in [0.1, 0.15) is 0 Å². The van der Waals surface area contributed by atoms with Gasteiger partial charge in [-0.2, -0.15) is 4.98 Å². The van der Waals surface area contributed by atoms with Crippen LogP contribution in [0.5, 0.6) is 0 Å². The van der Waals surface area contributed by atoms with Gasteiger partial charge in [0.05, 0.1) is 12.5 Å². The molecule has 0 bridgehead atoms. The molecule has 0 radical (unpaired) electrons. The van der Waals surface area contributed by atoms with Gasteiger partial charge in [0.15, 0.2) is 5.82 Å². The third-order valence-electron chi connectivity index (χ3n) is 2.87. The fourth-order valence-corrected chi connectivity index (χ4v) is 1.63. The first-order chi connectivity index (χ1) is 8.49. The molecule has 6 heteroatoms. The monoisotopic (exact) mass is 255 g/mol. The highest BCUT2D eigenvalue weighted by atomic mass is 16.5. The first-order valence-electron chi connectivity index (χ1n) is 6.24. The topological polar surface area (TPSA) is 88.2 Å². The summed E-state index contributed by atoms with van der Waals surface area (Å²) in [5.41, 5.74) is 0. The summed E-state index contributed by atoms with van der Waals surface area (Å²) in [4.78, 5) is 14.7. The first-order valence-corrected chi connectivity index (χ1v) is 6.24. The SMILES string of the molecule is Cc1noc(CNC(C)CCCC(C)C(=O)O)n1. The van der Waals surface area contributed by atoms with E-state index in [1.165, 1.54) is 0 Å². The molecule has 1 aromatic rings. The molecule has 1 aromatic heterocycles. The highest BCUT2D eigenvalue weighted by Gasteiger charge is 2.11. The van der Waals surface area contributed by atoms with E-state index in [1.54, 1.807) is 13.8 Å². The van der Waals surface area contributed by atoms with E-state index in [4.69, 9.17) is 9.63 Å². The molecule has 0 aliphatic rings. The van der Waals surface area contributed by atoms with E-state index in [0.29, 0.717) is 30.7 Å². The molecule has 1 heterocycles. The van der Waals surface area contributed by atoms with E-state index < -0.39 is 5.97 Å². The van der Waals surface area contributed by atoms with Gasteiger partial charge in [-0.25, -0.2) is 0 Å². The lowest BCUT2D eigenvalue weighted by Gasteiger charge is -2.12. The summed E-state index contributed by atoms with van der Waals surface area (Å²) in [7, 11) is 0. The molecular formula is C12H21N3O3. The Morgan fingerprint density at radius 2 is 2.17 bits per heavy atom. The van der Waals surface area contributed by atoms with Crippen molar-refractivity contribution in [1.29, 1.82) is 0 Å². The van der Waals surface area contributed by atoms with E-state index in [2.05, 4.69) is 22.4 Å². The fourth-order valence-electron chi connectivity index (χ4n) is 1.63. The van der Waals surface area contributed by atoms with Gasteiger partial charge in [0.25, 0.3) is 0 Å². The van der Waals surface area contributed by atoms with Crippen molar-refractivity contribution in [3.05, 3.63) is 11.7 Å². The zero-order valence-corrected chi connectivity index (χ0v) is 11.1. The minimum absolute atomic E-state index is 0.268. The number of carbonyl (C=O) groups is 1. The van der Waals surface area contributed by atoms with Crippen LogP contribution in [0.15, 0.2) is 4.52 Å². The van der Waals surface area contributed by atoms with Gasteiger partial charge < -0.3 is 14.9 Å². The van der Waals surface area contributed by atoms with Crippen molar-refractivity contribution >= 4 is 5.97 Å². The Kier molecular flexibility index (Phi) is 5.77. The first kappa shape index (κ1) is 14.6. The zero-order valence-electron chi connectivity index (χ0n) is 11.1. The van der Waals surface area contributed by atoms with Gasteiger partial charge in [0.2, 0.25) is 5.89 Å². The van der Waals surface area contributed by atoms with E-state index >= 15 is 0 Å². The number of aryl methyl sites for hydroxylation is 1. The normalized spacial score (nSPS) is 14.4. The van der Waals surface area contributed by atoms with Crippen LogP contribution in [0.4, 0.5) is 0 Å². The second-order valence-electron chi connectivity index (χ2n) is 4.69. The standard InChI is InChI=1S/C12H21N3O3/c1-8(12(16)17)5-4-6-9(2)13-7-11-14-10(3)15-18-11/h8-9,13H,4-7H2,1-3H3,(H,16,17). The Bertz CT molecular complexity index is 378. The third kappa shape index (κ3) is 5.27. The number of carboxylic acids is 1. The van der Waals surface area contributed by atoms with Crippen molar-refractivity contribution < 1.29 is 14.4 Å². The molecule has 0 aliphatic heterocycles. The highest BCUT2D eigenvalue weighted by molar-refractivity contribution is 5.69. The molecule has 0 saturated heterocycles. The molecule has 0 aliphatic carbocycles. The average molecular weight is 255 g/mol. The summed E-state index contributed by atoms with van der Waals surface area (Å²) < 4.78 is 4.99. The van der Waals surface area contributed by atoms with Crippen LogP contribution in [0.3, 0.4) is 0 Å². The van der Waals surface area contributed by atoms with Gasteiger partial charge in [-0.05, 0) is 26.7 Å². The molecule has 18 heavy (non-hydrogen) atoms. The summed E-state index contributed by atoms with van der Waals surface area (Å²) in [5, 5.41) is 15.7. The Morgan fingerprint density at radius 1 is 1.44 bits per heavy atom. The minimum atomic E-state index is -0.725. The summed E-state index contributed by atoms with van der Waals surface area (Å²) in [6.45, 7) is 6.14. The molecule has 0 spiro atoms. The average Bonchev–Trinajstić information content (AvgIpc) is 2.72. The largest absolute Gasteiger partial charge is 0.481 e. The Morgan fingerprint density at radius 3 is 2.72 bits per heavy atom. The Hall–Kier alpha value is -1.43. The molecule has 0 aromatic carbocycles. The zero-order chi connectivity index (χ0) is 13.5. The molecule has 0 saturated carbocycles. The van der Waals surface area contributed by atoms with Crippen LogP contribution in [0.1, 0.15) is 44.8 Å². The summed E-state index contributed by atoms with van der Waals surface area (Å²) in [6.07, 6.45) is 2.54. The van der Waals surface area contributed by atoms with Crippen molar-refractivity contribution in [3.63, 3.8) is 0 Å². The second-order valence-corrected chi connectivity index (χ2v) is 4.69. The summed E-state index contributed by atoms with van der Waals surface area (Å²) >= 11 is 0. The van der Waals surface area contributed by atoms with E-state index in [1.807, 2.05) is 0 Å². The molecule has 102 valence electrons. The molecule has 2 atom stereocenters. The van der Waals surface area contributed by atoms with Crippen LogP contribution in [0.25, 0.3) is 0 Å². The third-order valence-corrected chi connectivity index (χ3v) is 2.87. The predicted octanol–water partition coefficient (Wildman–Crippen LogP) is 1.75. The molecule has 6 nitrogen and oxygen atoms in total. The number of rotatable bonds is 8. The highest BCUT2D eigenvalue weighted by Crippen LogP contribution is 2.09. The van der Waals surface area contributed by atoms with Crippen LogP contribution in [-0.4, -0.2) is 27.3 Å². The van der Waals surface area contributed by atoms with Crippen LogP contribution in [0.2, 0.25) is 0 Å². The number of carboxylic acid groups (broad SMARTS) is 1. The second kappa shape index (κ2) is 7.10. The summed E-state index contributed by atoms with van der Waals surface area (Å²) in [6, 6.07) is 0.304. The van der Waals surface area contributed by atoms with Gasteiger partial charge in [-0.15, -0.1) is 0 Å². The predicted molar refractivity (Wildman–Crippen MR) is 66.0 cm³/mol. The van der Waals surface area contributed by atoms with E-state index in [-0.39, 0.29) is 5.92 Å². The van der Waals surface area contributed by atoms with Crippen molar-refractivity contribution in [2.45, 2.75) is 52.6 Å². The van der Waals surface area contributed by atoms with Crippen molar-refractivity contribution in [2.75, 3.05) is 0 Å². The van der Waals surface area contributed by atoms with Gasteiger partial charge in [0, 0.05) is 6.04 Å². The van der Waals surface area contributed by atoms with E-state index in [0.717, 1.165) is 12.8 Å². The van der Waals surface area contributed by atoms with Crippen LogP contribution >= 0.6 is 0 Å². The van der Waals surface area contributed by atoms with Crippen molar-refractivity contribution in [2.24, 2.45) is 5.92 Å². The lowest BCUT2D eigenvalue weighted by Crippen LogP contribution is -2.25. The number of aliphatic carboxylic acids is 1.